The molecule has 3 heterocycles. The van der Waals surface area contributed by atoms with Crippen molar-refractivity contribution in [2.75, 3.05) is 36.4 Å². The molecular formula is C22H31N5. The molecule has 0 aliphatic carbocycles. The van der Waals surface area contributed by atoms with E-state index in [4.69, 9.17) is 4.98 Å². The fourth-order valence-corrected chi connectivity index (χ4v) is 4.12. The highest BCUT2D eigenvalue weighted by atomic mass is 15.3. The van der Waals surface area contributed by atoms with E-state index in [2.05, 4.69) is 57.4 Å². The second-order valence-corrected chi connectivity index (χ2v) is 7.99. The van der Waals surface area contributed by atoms with Crippen LogP contribution in [0.25, 0.3) is 0 Å². The monoisotopic (exact) mass is 365 g/mol. The standard InChI is InChI=1S/C22H31N5/c1-18-6-8-19(9-7-18)16-26-15-11-20(17-26)24-22-23-12-10-21(25-22)27-13-4-2-3-5-14-27/h6-10,12,20H,2-5,11,13-17H2,1H3,(H,23,24,25). The van der Waals surface area contributed by atoms with Crippen LogP contribution in [-0.2, 0) is 6.54 Å². The molecule has 5 heteroatoms. The van der Waals surface area contributed by atoms with E-state index in [1.165, 1.54) is 36.8 Å². The Morgan fingerprint density at radius 1 is 1.00 bits per heavy atom. The molecule has 4 rings (SSSR count). The molecular weight excluding hydrogens is 334 g/mol. The van der Waals surface area contributed by atoms with Gasteiger partial charge in [-0.05, 0) is 37.8 Å². The van der Waals surface area contributed by atoms with Crippen molar-refractivity contribution in [3.63, 3.8) is 0 Å². The molecule has 0 spiro atoms. The van der Waals surface area contributed by atoms with E-state index in [9.17, 15) is 0 Å². The van der Waals surface area contributed by atoms with Crippen LogP contribution >= 0.6 is 0 Å². The van der Waals surface area contributed by atoms with Gasteiger partial charge in [-0.2, -0.15) is 4.98 Å². The Balaban J connectivity index is 1.33. The normalized spacial score (nSPS) is 21.2. The van der Waals surface area contributed by atoms with Crippen LogP contribution in [0.1, 0.15) is 43.2 Å². The lowest BCUT2D eigenvalue weighted by Crippen LogP contribution is -2.28. The molecule has 2 saturated heterocycles. The number of likely N-dealkylation sites (tertiary alicyclic amines) is 1. The zero-order chi connectivity index (χ0) is 18.5. The highest BCUT2D eigenvalue weighted by Crippen LogP contribution is 2.20. The topological polar surface area (TPSA) is 44.3 Å². The van der Waals surface area contributed by atoms with Crippen molar-refractivity contribution in [3.05, 3.63) is 47.7 Å². The molecule has 0 amide bonds. The Morgan fingerprint density at radius 2 is 1.78 bits per heavy atom. The number of anilines is 2. The summed E-state index contributed by atoms with van der Waals surface area (Å²) in [4.78, 5) is 14.2. The van der Waals surface area contributed by atoms with E-state index in [1.54, 1.807) is 0 Å². The summed E-state index contributed by atoms with van der Waals surface area (Å²) < 4.78 is 0. The Kier molecular flexibility index (Phi) is 5.87. The SMILES string of the molecule is Cc1ccc(CN2CCC(Nc3nccc(N4CCCCCC4)n3)C2)cc1. The van der Waals surface area contributed by atoms with Crippen LogP contribution < -0.4 is 10.2 Å². The molecule has 1 unspecified atom stereocenters. The minimum atomic E-state index is 0.426. The van der Waals surface area contributed by atoms with Gasteiger partial charge in [-0.1, -0.05) is 42.7 Å². The largest absolute Gasteiger partial charge is 0.356 e. The lowest BCUT2D eigenvalue weighted by molar-refractivity contribution is 0.328. The molecule has 0 radical (unpaired) electrons. The smallest absolute Gasteiger partial charge is 0.224 e. The van der Waals surface area contributed by atoms with E-state index in [1.807, 2.05) is 6.20 Å². The summed E-state index contributed by atoms with van der Waals surface area (Å²) in [6.45, 7) is 7.56. The molecule has 1 N–H and O–H groups in total. The van der Waals surface area contributed by atoms with Gasteiger partial charge in [0.15, 0.2) is 0 Å². The predicted octanol–water partition coefficient (Wildman–Crippen LogP) is 3.85. The number of aromatic nitrogens is 2. The maximum absolute atomic E-state index is 4.81. The molecule has 2 aromatic rings. The van der Waals surface area contributed by atoms with Crippen LogP contribution in [0.5, 0.6) is 0 Å². The Bertz CT molecular complexity index is 722. The van der Waals surface area contributed by atoms with Gasteiger partial charge in [-0.25, -0.2) is 4.98 Å². The van der Waals surface area contributed by atoms with Gasteiger partial charge in [-0.3, -0.25) is 4.90 Å². The van der Waals surface area contributed by atoms with Crippen molar-refractivity contribution in [3.8, 4) is 0 Å². The average Bonchev–Trinajstić information content (AvgIpc) is 2.94. The molecule has 5 nitrogen and oxygen atoms in total. The summed E-state index contributed by atoms with van der Waals surface area (Å²) in [5.41, 5.74) is 2.71. The van der Waals surface area contributed by atoms with Gasteiger partial charge in [-0.15, -0.1) is 0 Å². The summed E-state index contributed by atoms with van der Waals surface area (Å²) in [7, 11) is 0. The molecule has 144 valence electrons. The first-order valence-corrected chi connectivity index (χ1v) is 10.4. The second kappa shape index (κ2) is 8.70. The van der Waals surface area contributed by atoms with Gasteiger partial charge in [0.05, 0.1) is 0 Å². The van der Waals surface area contributed by atoms with Crippen molar-refractivity contribution >= 4 is 11.8 Å². The van der Waals surface area contributed by atoms with Crippen LogP contribution in [0, 0.1) is 6.92 Å². The number of rotatable bonds is 5. The summed E-state index contributed by atoms with van der Waals surface area (Å²) in [5.74, 6) is 1.85. The molecule has 0 saturated carbocycles. The van der Waals surface area contributed by atoms with Crippen LogP contribution in [-0.4, -0.2) is 47.1 Å². The second-order valence-electron chi connectivity index (χ2n) is 7.99. The molecule has 2 aliphatic heterocycles. The third-order valence-corrected chi connectivity index (χ3v) is 5.70. The molecule has 0 bridgehead atoms. The molecule has 27 heavy (non-hydrogen) atoms. The highest BCUT2D eigenvalue weighted by Gasteiger charge is 2.23. The van der Waals surface area contributed by atoms with Crippen molar-refractivity contribution in [2.24, 2.45) is 0 Å². The highest BCUT2D eigenvalue weighted by molar-refractivity contribution is 5.43. The van der Waals surface area contributed by atoms with E-state index in [-0.39, 0.29) is 0 Å². The Labute approximate surface area is 162 Å². The minimum Gasteiger partial charge on any atom is -0.356 e. The van der Waals surface area contributed by atoms with Crippen LogP contribution in [0.2, 0.25) is 0 Å². The first kappa shape index (κ1) is 18.2. The fourth-order valence-electron chi connectivity index (χ4n) is 4.12. The van der Waals surface area contributed by atoms with Crippen LogP contribution in [0.3, 0.4) is 0 Å². The Hall–Kier alpha value is -2.14. The Morgan fingerprint density at radius 3 is 2.56 bits per heavy atom. The van der Waals surface area contributed by atoms with Crippen LogP contribution in [0.4, 0.5) is 11.8 Å². The third kappa shape index (κ3) is 4.98. The number of hydrogen-bond donors (Lipinski definition) is 1. The van der Waals surface area contributed by atoms with Gasteiger partial charge in [0.2, 0.25) is 5.95 Å². The van der Waals surface area contributed by atoms with Crippen molar-refractivity contribution in [1.29, 1.82) is 0 Å². The summed E-state index contributed by atoms with van der Waals surface area (Å²) in [5, 5.41) is 3.57. The van der Waals surface area contributed by atoms with Crippen LogP contribution in [0.15, 0.2) is 36.5 Å². The van der Waals surface area contributed by atoms with Gasteiger partial charge in [0.25, 0.3) is 0 Å². The number of nitrogens with zero attached hydrogens (tertiary/aromatic N) is 4. The lowest BCUT2D eigenvalue weighted by atomic mass is 10.1. The van der Waals surface area contributed by atoms with Crippen molar-refractivity contribution < 1.29 is 0 Å². The van der Waals surface area contributed by atoms with Gasteiger partial charge >= 0.3 is 0 Å². The number of nitrogens with one attached hydrogen (secondary N) is 1. The predicted molar refractivity (Wildman–Crippen MR) is 111 cm³/mol. The fraction of sp³-hybridized carbons (Fsp3) is 0.545. The third-order valence-electron chi connectivity index (χ3n) is 5.70. The molecule has 1 aromatic carbocycles. The first-order valence-electron chi connectivity index (χ1n) is 10.4. The van der Waals surface area contributed by atoms with Gasteiger partial charge < -0.3 is 10.2 Å². The van der Waals surface area contributed by atoms with E-state index < -0.39 is 0 Å². The first-order chi connectivity index (χ1) is 13.3. The summed E-state index contributed by atoms with van der Waals surface area (Å²) in [6, 6.07) is 11.4. The minimum absolute atomic E-state index is 0.426. The van der Waals surface area contributed by atoms with Gasteiger partial charge in [0.1, 0.15) is 5.82 Å². The summed E-state index contributed by atoms with van der Waals surface area (Å²) >= 11 is 0. The number of hydrogen-bond acceptors (Lipinski definition) is 5. The molecule has 1 aromatic heterocycles. The summed E-state index contributed by atoms with van der Waals surface area (Å²) in [6.07, 6.45) is 8.25. The average molecular weight is 366 g/mol. The van der Waals surface area contributed by atoms with E-state index >= 15 is 0 Å². The van der Waals surface area contributed by atoms with Gasteiger partial charge in [0, 0.05) is 45.0 Å². The number of benzene rings is 1. The van der Waals surface area contributed by atoms with Crippen molar-refractivity contribution in [1.82, 2.24) is 14.9 Å². The van der Waals surface area contributed by atoms with Crippen molar-refractivity contribution in [2.45, 2.75) is 51.6 Å². The molecule has 1 atom stereocenters. The van der Waals surface area contributed by atoms with E-state index in [0.717, 1.165) is 50.9 Å². The zero-order valence-corrected chi connectivity index (χ0v) is 16.4. The lowest BCUT2D eigenvalue weighted by Gasteiger charge is -2.22. The molecule has 2 aliphatic rings. The van der Waals surface area contributed by atoms with E-state index in [0.29, 0.717) is 6.04 Å². The maximum atomic E-state index is 4.81. The number of aryl methyl sites for hydroxylation is 1. The molecule has 2 fully saturated rings. The quantitative estimate of drug-likeness (QED) is 0.872. The zero-order valence-electron chi connectivity index (χ0n) is 16.4. The maximum Gasteiger partial charge on any atom is 0.224 e.